The molecular weight excluding hydrogens is 232 g/mol. The van der Waals surface area contributed by atoms with Gasteiger partial charge in [-0.2, -0.15) is 0 Å². The highest BCUT2D eigenvalue weighted by atomic mass is 32.1. The van der Waals surface area contributed by atoms with Crippen LogP contribution in [0.4, 0.5) is 0 Å². The summed E-state index contributed by atoms with van der Waals surface area (Å²) < 4.78 is 0. The highest BCUT2D eigenvalue weighted by molar-refractivity contribution is 7.80. The molecule has 3 nitrogen and oxygen atoms in total. The fraction of sp³-hybridized carbons (Fsp3) is 0.846. The Morgan fingerprint density at radius 3 is 2.35 bits per heavy atom. The lowest BCUT2D eigenvalue weighted by Gasteiger charge is -2.41. The molecule has 0 aliphatic heterocycles. The second kappa shape index (κ2) is 5.80. The summed E-state index contributed by atoms with van der Waals surface area (Å²) >= 11 is 4.96. The van der Waals surface area contributed by atoms with E-state index in [2.05, 4.69) is 12.2 Å². The van der Waals surface area contributed by atoms with Crippen molar-refractivity contribution in [2.24, 2.45) is 23.0 Å². The van der Waals surface area contributed by atoms with Crippen LogP contribution >= 0.6 is 12.2 Å². The van der Waals surface area contributed by atoms with Gasteiger partial charge in [0.1, 0.15) is 0 Å². The Hall–Kier alpha value is -0.640. The SMILES string of the molecule is CCC1(CNC(=O)C(C(N)=S)C(C)C)CCC1. The maximum Gasteiger partial charge on any atom is 0.230 e. The third-order valence-electron chi connectivity index (χ3n) is 4.06. The summed E-state index contributed by atoms with van der Waals surface area (Å²) in [7, 11) is 0. The highest BCUT2D eigenvalue weighted by Gasteiger charge is 2.36. The summed E-state index contributed by atoms with van der Waals surface area (Å²) in [4.78, 5) is 12.4. The Kier molecular flexibility index (Phi) is 4.92. The van der Waals surface area contributed by atoms with Gasteiger partial charge in [0.05, 0.1) is 10.9 Å². The van der Waals surface area contributed by atoms with Crippen LogP contribution in [0.2, 0.25) is 0 Å². The van der Waals surface area contributed by atoms with Gasteiger partial charge in [-0.25, -0.2) is 0 Å². The molecule has 1 fully saturated rings. The van der Waals surface area contributed by atoms with Crippen molar-refractivity contribution < 1.29 is 4.79 Å². The van der Waals surface area contributed by atoms with Gasteiger partial charge in [0.25, 0.3) is 0 Å². The lowest BCUT2D eigenvalue weighted by atomic mass is 9.67. The largest absolute Gasteiger partial charge is 0.393 e. The summed E-state index contributed by atoms with van der Waals surface area (Å²) in [6.45, 7) is 6.91. The summed E-state index contributed by atoms with van der Waals surface area (Å²) in [5, 5.41) is 3.03. The summed E-state index contributed by atoms with van der Waals surface area (Å²) in [6.07, 6.45) is 4.87. The van der Waals surface area contributed by atoms with E-state index in [1.165, 1.54) is 19.3 Å². The molecule has 0 spiro atoms. The predicted molar refractivity (Wildman–Crippen MR) is 74.7 cm³/mol. The van der Waals surface area contributed by atoms with Crippen LogP contribution in [0.25, 0.3) is 0 Å². The summed E-state index contributed by atoms with van der Waals surface area (Å²) in [6, 6.07) is 0. The number of hydrogen-bond acceptors (Lipinski definition) is 2. The first-order valence-corrected chi connectivity index (χ1v) is 6.90. The van der Waals surface area contributed by atoms with Gasteiger partial charge in [-0.05, 0) is 30.6 Å². The van der Waals surface area contributed by atoms with Crippen molar-refractivity contribution in [2.45, 2.75) is 46.5 Å². The van der Waals surface area contributed by atoms with E-state index in [4.69, 9.17) is 18.0 Å². The summed E-state index contributed by atoms with van der Waals surface area (Å²) in [5.41, 5.74) is 5.97. The van der Waals surface area contributed by atoms with Crippen LogP contribution in [-0.4, -0.2) is 17.4 Å². The fourth-order valence-electron chi connectivity index (χ4n) is 2.48. The van der Waals surface area contributed by atoms with Gasteiger partial charge in [0, 0.05) is 6.54 Å². The van der Waals surface area contributed by atoms with E-state index in [1.807, 2.05) is 13.8 Å². The highest BCUT2D eigenvalue weighted by Crippen LogP contribution is 2.43. The molecule has 0 radical (unpaired) electrons. The summed E-state index contributed by atoms with van der Waals surface area (Å²) in [5.74, 6) is -0.183. The average Bonchev–Trinajstić information content (AvgIpc) is 2.15. The molecule has 1 rings (SSSR count). The minimum absolute atomic E-state index is 0.00720. The van der Waals surface area contributed by atoms with Crippen LogP contribution < -0.4 is 11.1 Å². The molecule has 3 N–H and O–H groups in total. The van der Waals surface area contributed by atoms with Gasteiger partial charge in [0.15, 0.2) is 0 Å². The molecule has 0 aromatic heterocycles. The number of rotatable bonds is 6. The monoisotopic (exact) mass is 256 g/mol. The third-order valence-corrected chi connectivity index (χ3v) is 4.31. The van der Waals surface area contributed by atoms with E-state index in [0.717, 1.165) is 13.0 Å². The van der Waals surface area contributed by atoms with E-state index in [9.17, 15) is 4.79 Å². The van der Waals surface area contributed by atoms with E-state index in [1.54, 1.807) is 0 Å². The van der Waals surface area contributed by atoms with Gasteiger partial charge >= 0.3 is 0 Å². The quantitative estimate of drug-likeness (QED) is 0.717. The first-order chi connectivity index (χ1) is 7.92. The van der Waals surface area contributed by atoms with Crippen molar-refractivity contribution in [1.29, 1.82) is 0 Å². The van der Waals surface area contributed by atoms with Gasteiger partial charge < -0.3 is 11.1 Å². The molecule has 0 heterocycles. The third kappa shape index (κ3) is 3.41. The van der Waals surface area contributed by atoms with Gasteiger partial charge in [-0.1, -0.05) is 39.4 Å². The van der Waals surface area contributed by atoms with Crippen LogP contribution in [0.3, 0.4) is 0 Å². The molecule has 4 heteroatoms. The van der Waals surface area contributed by atoms with Crippen LogP contribution in [0.5, 0.6) is 0 Å². The number of nitrogens with one attached hydrogen (secondary N) is 1. The zero-order valence-corrected chi connectivity index (χ0v) is 11.9. The minimum Gasteiger partial charge on any atom is -0.393 e. The maximum absolute atomic E-state index is 12.1. The van der Waals surface area contributed by atoms with E-state index in [0.29, 0.717) is 10.4 Å². The first kappa shape index (κ1) is 14.4. The molecule has 1 saturated carbocycles. The van der Waals surface area contributed by atoms with Crippen LogP contribution in [-0.2, 0) is 4.79 Å². The van der Waals surface area contributed by atoms with Crippen molar-refractivity contribution in [3.05, 3.63) is 0 Å². The molecule has 0 bridgehead atoms. The van der Waals surface area contributed by atoms with Crippen LogP contribution in [0.15, 0.2) is 0 Å². The van der Waals surface area contributed by atoms with Crippen molar-refractivity contribution in [3.63, 3.8) is 0 Å². The van der Waals surface area contributed by atoms with Crippen LogP contribution in [0, 0.1) is 17.3 Å². The molecule has 0 saturated heterocycles. The van der Waals surface area contributed by atoms with Gasteiger partial charge in [-0.15, -0.1) is 0 Å². The molecule has 0 aromatic carbocycles. The maximum atomic E-state index is 12.1. The second-order valence-corrected chi connectivity index (χ2v) is 6.02. The first-order valence-electron chi connectivity index (χ1n) is 6.49. The Bertz CT molecular complexity index is 292. The minimum atomic E-state index is -0.334. The molecule has 1 amide bonds. The van der Waals surface area contributed by atoms with E-state index >= 15 is 0 Å². The normalized spacial score (nSPS) is 19.5. The van der Waals surface area contributed by atoms with E-state index < -0.39 is 0 Å². The lowest BCUT2D eigenvalue weighted by Crippen LogP contribution is -2.47. The standard InChI is InChI=1S/C13H24N2OS/c1-4-13(6-5-7-13)8-15-12(16)10(9(2)3)11(14)17/h9-10H,4-8H2,1-3H3,(H2,14,17)(H,15,16). The van der Waals surface area contributed by atoms with Gasteiger partial charge in [-0.3, -0.25) is 4.79 Å². The smallest absolute Gasteiger partial charge is 0.230 e. The Balaban J connectivity index is 2.50. The number of amides is 1. The number of hydrogen-bond donors (Lipinski definition) is 2. The molecule has 1 aliphatic rings. The van der Waals surface area contributed by atoms with Crippen molar-refractivity contribution >= 4 is 23.1 Å². The molecule has 1 atom stereocenters. The Morgan fingerprint density at radius 1 is 1.47 bits per heavy atom. The molecular formula is C13H24N2OS. The van der Waals surface area contributed by atoms with E-state index in [-0.39, 0.29) is 17.7 Å². The zero-order chi connectivity index (χ0) is 13.1. The number of nitrogens with two attached hydrogens (primary N) is 1. The predicted octanol–water partition coefficient (Wildman–Crippen LogP) is 2.24. The van der Waals surface area contributed by atoms with Crippen molar-refractivity contribution in [1.82, 2.24) is 5.32 Å². The Labute approximate surface area is 110 Å². The molecule has 1 aliphatic carbocycles. The molecule has 98 valence electrons. The van der Waals surface area contributed by atoms with Crippen molar-refractivity contribution in [2.75, 3.05) is 6.54 Å². The zero-order valence-electron chi connectivity index (χ0n) is 11.1. The number of carbonyl (C=O) groups excluding carboxylic acids is 1. The van der Waals surface area contributed by atoms with Crippen molar-refractivity contribution in [3.8, 4) is 0 Å². The number of carbonyl (C=O) groups is 1. The van der Waals surface area contributed by atoms with Gasteiger partial charge in [0.2, 0.25) is 5.91 Å². The molecule has 17 heavy (non-hydrogen) atoms. The Morgan fingerprint density at radius 2 is 2.06 bits per heavy atom. The number of thiocarbonyl (C=S) groups is 1. The average molecular weight is 256 g/mol. The molecule has 0 aromatic rings. The fourth-order valence-corrected chi connectivity index (χ4v) is 2.86. The van der Waals surface area contributed by atoms with Crippen LogP contribution in [0.1, 0.15) is 46.5 Å². The lowest BCUT2D eigenvalue weighted by molar-refractivity contribution is -0.124. The topological polar surface area (TPSA) is 55.1 Å². The second-order valence-electron chi connectivity index (χ2n) is 5.55. The molecule has 1 unspecified atom stereocenters.